The zero-order chi connectivity index (χ0) is 24.7. The van der Waals surface area contributed by atoms with Crippen molar-refractivity contribution in [3.05, 3.63) is 92.0 Å². The van der Waals surface area contributed by atoms with Crippen molar-refractivity contribution in [1.29, 1.82) is 0 Å². The van der Waals surface area contributed by atoms with E-state index >= 15 is 0 Å². The number of ether oxygens (including phenoxy) is 1. The number of carbonyl (C=O) groups is 1. The lowest BCUT2D eigenvalue weighted by Crippen LogP contribution is -2.28. The molecule has 180 valence electrons. The first-order valence-corrected chi connectivity index (χ1v) is 12.2. The van der Waals surface area contributed by atoms with Crippen molar-refractivity contribution < 1.29 is 9.53 Å². The first kappa shape index (κ1) is 23.0. The van der Waals surface area contributed by atoms with E-state index in [0.717, 1.165) is 29.4 Å². The standard InChI is InChI=1S/C29H31N3O3/c1-17-13-14-20-9-5-6-10-21(20)27(17)32-19(3)26(22-11-7-8-12-24(22)32)29(34)30-16-23-25(35-4)15-18(2)31-28(23)33/h7-8,11-15H,5-6,9-10,16H2,1-4H3,(H,30,34)(H,31,33). The van der Waals surface area contributed by atoms with E-state index < -0.39 is 0 Å². The number of amides is 1. The summed E-state index contributed by atoms with van der Waals surface area (Å²) >= 11 is 0. The van der Waals surface area contributed by atoms with Gasteiger partial charge in [0.15, 0.2) is 0 Å². The molecule has 1 aliphatic rings. The average Bonchev–Trinajstić information content (AvgIpc) is 3.14. The number of para-hydroxylation sites is 1. The van der Waals surface area contributed by atoms with E-state index in [1.807, 2.05) is 25.1 Å². The third kappa shape index (κ3) is 3.93. The van der Waals surface area contributed by atoms with Gasteiger partial charge in [-0.05, 0) is 75.3 Å². The van der Waals surface area contributed by atoms with Crippen molar-refractivity contribution >= 4 is 16.8 Å². The van der Waals surface area contributed by atoms with Gasteiger partial charge in [0, 0.05) is 16.8 Å². The molecule has 0 saturated carbocycles. The number of aromatic nitrogens is 2. The Morgan fingerprint density at radius 3 is 2.66 bits per heavy atom. The van der Waals surface area contributed by atoms with Crippen LogP contribution in [0, 0.1) is 20.8 Å². The maximum atomic E-state index is 13.6. The SMILES string of the molecule is COc1cc(C)[nH]c(=O)c1CNC(=O)c1c(C)n(-c2c(C)ccc3c2CCCC3)c2ccccc12. The smallest absolute Gasteiger partial charge is 0.256 e. The van der Waals surface area contributed by atoms with E-state index in [4.69, 9.17) is 4.74 Å². The van der Waals surface area contributed by atoms with Crippen molar-refractivity contribution in [2.24, 2.45) is 0 Å². The molecule has 5 rings (SSSR count). The molecule has 35 heavy (non-hydrogen) atoms. The third-order valence-corrected chi connectivity index (χ3v) is 7.14. The molecule has 1 aliphatic carbocycles. The van der Waals surface area contributed by atoms with Crippen LogP contribution in [0.2, 0.25) is 0 Å². The van der Waals surface area contributed by atoms with Crippen LogP contribution < -0.4 is 15.6 Å². The molecule has 0 radical (unpaired) electrons. The molecule has 1 amide bonds. The fraction of sp³-hybridized carbons (Fsp3) is 0.310. The zero-order valence-corrected chi connectivity index (χ0v) is 20.7. The van der Waals surface area contributed by atoms with Crippen LogP contribution in [0.5, 0.6) is 5.75 Å². The van der Waals surface area contributed by atoms with Gasteiger partial charge in [0.2, 0.25) is 0 Å². The molecule has 6 heteroatoms. The number of aromatic amines is 1. The molecule has 2 aromatic carbocycles. The second kappa shape index (κ2) is 9.10. The zero-order valence-electron chi connectivity index (χ0n) is 20.7. The number of aryl methyl sites for hydroxylation is 3. The highest BCUT2D eigenvalue weighted by Crippen LogP contribution is 2.35. The largest absolute Gasteiger partial charge is 0.496 e. The number of hydrogen-bond acceptors (Lipinski definition) is 3. The number of fused-ring (bicyclic) bond motifs is 2. The fourth-order valence-electron chi connectivity index (χ4n) is 5.47. The third-order valence-electron chi connectivity index (χ3n) is 7.14. The van der Waals surface area contributed by atoms with Crippen LogP contribution in [-0.2, 0) is 19.4 Å². The fourth-order valence-corrected chi connectivity index (χ4v) is 5.47. The Morgan fingerprint density at radius 2 is 1.86 bits per heavy atom. The van der Waals surface area contributed by atoms with Gasteiger partial charge in [-0.3, -0.25) is 9.59 Å². The summed E-state index contributed by atoms with van der Waals surface area (Å²) in [5.74, 6) is 0.263. The number of methoxy groups -OCH3 is 1. The van der Waals surface area contributed by atoms with E-state index in [1.54, 1.807) is 13.0 Å². The summed E-state index contributed by atoms with van der Waals surface area (Å²) in [5, 5.41) is 3.88. The second-order valence-electron chi connectivity index (χ2n) is 9.40. The van der Waals surface area contributed by atoms with Crippen LogP contribution in [0.25, 0.3) is 16.6 Å². The molecule has 2 heterocycles. The number of carbonyl (C=O) groups excluding carboxylic acids is 1. The highest BCUT2D eigenvalue weighted by Gasteiger charge is 2.25. The van der Waals surface area contributed by atoms with Crippen molar-refractivity contribution in [3.8, 4) is 11.4 Å². The second-order valence-corrected chi connectivity index (χ2v) is 9.40. The maximum absolute atomic E-state index is 13.6. The van der Waals surface area contributed by atoms with Gasteiger partial charge >= 0.3 is 0 Å². The van der Waals surface area contributed by atoms with Gasteiger partial charge < -0.3 is 19.6 Å². The van der Waals surface area contributed by atoms with Crippen molar-refractivity contribution in [1.82, 2.24) is 14.9 Å². The first-order chi connectivity index (χ1) is 16.9. The Morgan fingerprint density at radius 1 is 1.09 bits per heavy atom. The number of nitrogens with zero attached hydrogens (tertiary/aromatic N) is 1. The summed E-state index contributed by atoms with van der Waals surface area (Å²) in [4.78, 5) is 28.9. The topological polar surface area (TPSA) is 76.1 Å². The molecular formula is C29H31N3O3. The predicted octanol–water partition coefficient (Wildman–Crippen LogP) is 5.06. The molecule has 0 spiro atoms. The van der Waals surface area contributed by atoms with E-state index in [0.29, 0.717) is 22.6 Å². The number of hydrogen-bond donors (Lipinski definition) is 2. The minimum atomic E-state index is -0.257. The molecule has 0 saturated heterocycles. The Labute approximate surface area is 204 Å². The molecule has 2 N–H and O–H groups in total. The lowest BCUT2D eigenvalue weighted by molar-refractivity contribution is 0.0951. The minimum absolute atomic E-state index is 0.0797. The van der Waals surface area contributed by atoms with Crippen molar-refractivity contribution in [2.45, 2.75) is 53.0 Å². The van der Waals surface area contributed by atoms with Gasteiger partial charge in [0.05, 0.1) is 36.0 Å². The summed E-state index contributed by atoms with van der Waals surface area (Å²) in [5.41, 5.74) is 8.61. The summed E-state index contributed by atoms with van der Waals surface area (Å²) in [7, 11) is 1.53. The Balaban J connectivity index is 1.60. The molecular weight excluding hydrogens is 438 g/mol. The molecule has 0 bridgehead atoms. The normalized spacial score (nSPS) is 13.0. The predicted molar refractivity (Wildman–Crippen MR) is 139 cm³/mol. The van der Waals surface area contributed by atoms with Gasteiger partial charge in [-0.1, -0.05) is 30.3 Å². The first-order valence-electron chi connectivity index (χ1n) is 12.2. The number of nitrogens with one attached hydrogen (secondary N) is 2. The van der Waals surface area contributed by atoms with Crippen LogP contribution in [0.4, 0.5) is 0 Å². The number of rotatable bonds is 5. The maximum Gasteiger partial charge on any atom is 0.256 e. The van der Waals surface area contributed by atoms with Crippen molar-refractivity contribution in [2.75, 3.05) is 7.11 Å². The Bertz CT molecular complexity index is 1510. The summed E-state index contributed by atoms with van der Waals surface area (Å²) < 4.78 is 7.64. The molecule has 0 unspecified atom stereocenters. The van der Waals surface area contributed by atoms with Gasteiger partial charge in [-0.25, -0.2) is 0 Å². The van der Waals surface area contributed by atoms with Gasteiger partial charge in [0.25, 0.3) is 11.5 Å². The molecule has 2 aromatic heterocycles. The number of benzene rings is 2. The van der Waals surface area contributed by atoms with E-state index in [1.165, 1.54) is 42.3 Å². The van der Waals surface area contributed by atoms with Crippen LogP contribution in [0.1, 0.15) is 56.8 Å². The highest BCUT2D eigenvalue weighted by atomic mass is 16.5. The quantitative estimate of drug-likeness (QED) is 0.429. The van der Waals surface area contributed by atoms with Gasteiger partial charge in [-0.2, -0.15) is 0 Å². The van der Waals surface area contributed by atoms with Crippen molar-refractivity contribution in [3.63, 3.8) is 0 Å². The summed E-state index contributed by atoms with van der Waals surface area (Å²) in [6.45, 7) is 6.04. The van der Waals surface area contributed by atoms with Crippen LogP contribution in [-0.4, -0.2) is 22.6 Å². The number of H-pyrrole nitrogens is 1. The number of pyridine rings is 1. The monoisotopic (exact) mass is 469 g/mol. The van der Waals surface area contributed by atoms with E-state index in [-0.39, 0.29) is 18.0 Å². The van der Waals surface area contributed by atoms with E-state index in [9.17, 15) is 9.59 Å². The lowest BCUT2D eigenvalue weighted by Gasteiger charge is -2.23. The lowest BCUT2D eigenvalue weighted by atomic mass is 9.88. The van der Waals surface area contributed by atoms with Gasteiger partial charge in [-0.15, -0.1) is 0 Å². The van der Waals surface area contributed by atoms with Crippen LogP contribution >= 0.6 is 0 Å². The molecule has 0 fully saturated rings. The highest BCUT2D eigenvalue weighted by molar-refractivity contribution is 6.09. The Hall–Kier alpha value is -3.80. The molecule has 0 atom stereocenters. The van der Waals surface area contributed by atoms with Crippen LogP contribution in [0.15, 0.2) is 47.3 Å². The Kier molecular flexibility index (Phi) is 5.97. The van der Waals surface area contributed by atoms with Gasteiger partial charge in [0.1, 0.15) is 5.75 Å². The molecule has 4 aromatic rings. The average molecular weight is 470 g/mol. The van der Waals surface area contributed by atoms with E-state index in [2.05, 4.69) is 40.0 Å². The van der Waals surface area contributed by atoms with Crippen LogP contribution in [0.3, 0.4) is 0 Å². The molecule has 6 nitrogen and oxygen atoms in total. The molecule has 0 aliphatic heterocycles. The minimum Gasteiger partial charge on any atom is -0.496 e. The summed E-state index contributed by atoms with van der Waals surface area (Å²) in [6, 6.07) is 14.3. The summed E-state index contributed by atoms with van der Waals surface area (Å²) in [6.07, 6.45) is 4.55.